The molecular formula is C14H17F3N2O. The Kier molecular flexibility index (Phi) is 4.32. The SMILES string of the molecule is C[C@H]1C[C@@H](C(=O)Nc2cccc(C(F)(F)F)c2)CCN1. The summed E-state index contributed by atoms with van der Waals surface area (Å²) in [5, 5.41) is 5.81. The first kappa shape index (κ1) is 14.8. The minimum Gasteiger partial charge on any atom is -0.326 e. The van der Waals surface area contributed by atoms with Gasteiger partial charge in [-0.1, -0.05) is 6.07 Å². The Balaban J connectivity index is 2.04. The number of rotatable bonds is 2. The summed E-state index contributed by atoms with van der Waals surface area (Å²) in [5.41, 5.74) is -0.565. The second kappa shape index (κ2) is 5.83. The molecule has 1 heterocycles. The number of hydrogen-bond acceptors (Lipinski definition) is 2. The Morgan fingerprint density at radius 3 is 2.80 bits per heavy atom. The maximum atomic E-state index is 12.6. The van der Waals surface area contributed by atoms with Gasteiger partial charge in [0.25, 0.3) is 0 Å². The van der Waals surface area contributed by atoms with Crippen LogP contribution in [0.15, 0.2) is 24.3 Å². The van der Waals surface area contributed by atoms with E-state index in [9.17, 15) is 18.0 Å². The van der Waals surface area contributed by atoms with Crippen LogP contribution in [0.2, 0.25) is 0 Å². The van der Waals surface area contributed by atoms with Crippen molar-refractivity contribution in [1.29, 1.82) is 0 Å². The molecule has 1 amide bonds. The molecule has 0 unspecified atom stereocenters. The monoisotopic (exact) mass is 286 g/mol. The van der Waals surface area contributed by atoms with Gasteiger partial charge in [-0.25, -0.2) is 0 Å². The lowest BCUT2D eigenvalue weighted by molar-refractivity contribution is -0.137. The van der Waals surface area contributed by atoms with Crippen molar-refractivity contribution in [1.82, 2.24) is 5.32 Å². The third-order valence-electron chi connectivity index (χ3n) is 3.45. The number of carbonyl (C=O) groups is 1. The zero-order chi connectivity index (χ0) is 14.8. The fourth-order valence-electron chi connectivity index (χ4n) is 2.39. The van der Waals surface area contributed by atoms with Gasteiger partial charge in [-0.05, 0) is 44.5 Å². The quantitative estimate of drug-likeness (QED) is 0.877. The molecule has 1 aliphatic heterocycles. The molecule has 3 nitrogen and oxygen atoms in total. The van der Waals surface area contributed by atoms with Crippen molar-refractivity contribution in [3.63, 3.8) is 0 Å². The number of halogens is 3. The van der Waals surface area contributed by atoms with Gasteiger partial charge in [-0.2, -0.15) is 13.2 Å². The lowest BCUT2D eigenvalue weighted by atomic mass is 9.92. The predicted octanol–water partition coefficient (Wildman–Crippen LogP) is 3.03. The fraction of sp³-hybridized carbons (Fsp3) is 0.500. The van der Waals surface area contributed by atoms with Crippen LogP contribution in [-0.4, -0.2) is 18.5 Å². The fourth-order valence-corrected chi connectivity index (χ4v) is 2.39. The van der Waals surface area contributed by atoms with Crippen LogP contribution in [0.25, 0.3) is 0 Å². The van der Waals surface area contributed by atoms with Crippen molar-refractivity contribution in [2.75, 3.05) is 11.9 Å². The zero-order valence-corrected chi connectivity index (χ0v) is 11.1. The molecule has 110 valence electrons. The lowest BCUT2D eigenvalue weighted by Gasteiger charge is -2.27. The first-order valence-electron chi connectivity index (χ1n) is 6.58. The first-order chi connectivity index (χ1) is 9.36. The maximum absolute atomic E-state index is 12.6. The summed E-state index contributed by atoms with van der Waals surface area (Å²) < 4.78 is 37.8. The van der Waals surface area contributed by atoms with Crippen molar-refractivity contribution < 1.29 is 18.0 Å². The first-order valence-corrected chi connectivity index (χ1v) is 6.58. The van der Waals surface area contributed by atoms with E-state index in [1.807, 2.05) is 6.92 Å². The van der Waals surface area contributed by atoms with Crippen LogP contribution in [0.1, 0.15) is 25.3 Å². The van der Waals surface area contributed by atoms with Crippen LogP contribution in [0.4, 0.5) is 18.9 Å². The molecule has 0 bridgehead atoms. The molecular weight excluding hydrogens is 269 g/mol. The van der Waals surface area contributed by atoms with Crippen LogP contribution in [0.3, 0.4) is 0 Å². The van der Waals surface area contributed by atoms with E-state index in [0.29, 0.717) is 12.8 Å². The topological polar surface area (TPSA) is 41.1 Å². The third kappa shape index (κ3) is 3.72. The molecule has 0 saturated carbocycles. The summed E-state index contributed by atoms with van der Waals surface area (Å²) in [5.74, 6) is -0.363. The largest absolute Gasteiger partial charge is 0.416 e. The van der Waals surface area contributed by atoms with E-state index < -0.39 is 11.7 Å². The smallest absolute Gasteiger partial charge is 0.326 e. The highest BCUT2D eigenvalue weighted by Crippen LogP contribution is 2.31. The van der Waals surface area contributed by atoms with Gasteiger partial charge in [0.1, 0.15) is 0 Å². The number of amides is 1. The second-order valence-corrected chi connectivity index (χ2v) is 5.14. The normalized spacial score (nSPS) is 23.4. The minimum atomic E-state index is -4.40. The van der Waals surface area contributed by atoms with Crippen LogP contribution in [-0.2, 0) is 11.0 Å². The highest BCUT2D eigenvalue weighted by molar-refractivity contribution is 5.92. The molecule has 2 rings (SSSR count). The van der Waals surface area contributed by atoms with Gasteiger partial charge in [-0.15, -0.1) is 0 Å². The molecule has 2 N–H and O–H groups in total. The Morgan fingerprint density at radius 2 is 2.15 bits per heavy atom. The second-order valence-electron chi connectivity index (χ2n) is 5.14. The van der Waals surface area contributed by atoms with Crippen LogP contribution >= 0.6 is 0 Å². The van der Waals surface area contributed by atoms with Gasteiger partial charge in [0.15, 0.2) is 0 Å². The standard InChI is InChI=1S/C14H17F3N2O/c1-9-7-10(5-6-18-9)13(20)19-12-4-2-3-11(8-12)14(15,16)17/h2-4,8-10,18H,5-7H2,1H3,(H,19,20)/t9-,10-/m0/s1. The Labute approximate surface area is 115 Å². The highest BCUT2D eigenvalue weighted by Gasteiger charge is 2.31. The molecule has 1 aliphatic rings. The summed E-state index contributed by atoms with van der Waals surface area (Å²) in [6.07, 6.45) is -3.00. The number of nitrogens with one attached hydrogen (secondary N) is 2. The van der Waals surface area contributed by atoms with E-state index in [2.05, 4.69) is 10.6 Å². The van der Waals surface area contributed by atoms with E-state index in [4.69, 9.17) is 0 Å². The predicted molar refractivity (Wildman–Crippen MR) is 70.3 cm³/mol. The Hall–Kier alpha value is -1.56. The molecule has 0 spiro atoms. The molecule has 20 heavy (non-hydrogen) atoms. The van der Waals surface area contributed by atoms with Gasteiger partial charge in [0.2, 0.25) is 5.91 Å². The van der Waals surface area contributed by atoms with Crippen LogP contribution in [0, 0.1) is 5.92 Å². The Morgan fingerprint density at radius 1 is 1.40 bits per heavy atom. The van der Waals surface area contributed by atoms with Crippen LogP contribution < -0.4 is 10.6 Å². The molecule has 0 radical (unpaired) electrons. The minimum absolute atomic E-state index is 0.152. The molecule has 6 heteroatoms. The van der Waals surface area contributed by atoms with E-state index in [1.165, 1.54) is 12.1 Å². The van der Waals surface area contributed by atoms with Crippen molar-refractivity contribution in [3.05, 3.63) is 29.8 Å². The number of piperidine rings is 1. The maximum Gasteiger partial charge on any atom is 0.416 e. The summed E-state index contributed by atoms with van der Waals surface area (Å²) >= 11 is 0. The third-order valence-corrected chi connectivity index (χ3v) is 3.45. The zero-order valence-electron chi connectivity index (χ0n) is 11.1. The average Bonchev–Trinajstić information content (AvgIpc) is 2.38. The summed E-state index contributed by atoms with van der Waals surface area (Å²) in [7, 11) is 0. The summed E-state index contributed by atoms with van der Waals surface area (Å²) in [4.78, 5) is 12.1. The van der Waals surface area contributed by atoms with Gasteiger partial charge in [0, 0.05) is 17.6 Å². The van der Waals surface area contributed by atoms with Crippen molar-refractivity contribution >= 4 is 11.6 Å². The molecule has 1 aromatic carbocycles. The molecule has 2 atom stereocenters. The van der Waals surface area contributed by atoms with Crippen molar-refractivity contribution in [3.8, 4) is 0 Å². The molecule has 1 saturated heterocycles. The number of hydrogen-bond donors (Lipinski definition) is 2. The highest BCUT2D eigenvalue weighted by atomic mass is 19.4. The molecule has 0 aliphatic carbocycles. The van der Waals surface area contributed by atoms with E-state index in [1.54, 1.807) is 0 Å². The van der Waals surface area contributed by atoms with Gasteiger partial charge in [-0.3, -0.25) is 4.79 Å². The van der Waals surface area contributed by atoms with E-state index in [0.717, 1.165) is 18.7 Å². The number of anilines is 1. The summed E-state index contributed by atoms with van der Waals surface area (Å²) in [6.45, 7) is 2.74. The molecule has 0 aromatic heterocycles. The average molecular weight is 286 g/mol. The van der Waals surface area contributed by atoms with E-state index in [-0.39, 0.29) is 23.6 Å². The van der Waals surface area contributed by atoms with E-state index >= 15 is 0 Å². The number of carbonyl (C=O) groups excluding carboxylic acids is 1. The number of benzene rings is 1. The summed E-state index contributed by atoms with van der Waals surface area (Å²) in [6, 6.07) is 4.97. The van der Waals surface area contributed by atoms with Gasteiger partial charge >= 0.3 is 6.18 Å². The van der Waals surface area contributed by atoms with Crippen molar-refractivity contribution in [2.45, 2.75) is 32.0 Å². The van der Waals surface area contributed by atoms with Gasteiger partial charge in [0.05, 0.1) is 5.56 Å². The molecule has 1 aromatic rings. The lowest BCUT2D eigenvalue weighted by Crippen LogP contribution is -2.40. The Bertz CT molecular complexity index is 488. The van der Waals surface area contributed by atoms with Gasteiger partial charge < -0.3 is 10.6 Å². The molecule has 1 fully saturated rings. The van der Waals surface area contributed by atoms with Crippen LogP contribution in [0.5, 0.6) is 0 Å². The van der Waals surface area contributed by atoms with Crippen molar-refractivity contribution in [2.24, 2.45) is 5.92 Å². The number of alkyl halides is 3.